The number of carbonyl (C=O) groups is 2. The van der Waals surface area contributed by atoms with Crippen molar-refractivity contribution in [1.29, 1.82) is 0 Å². The van der Waals surface area contributed by atoms with Crippen LogP contribution in [-0.4, -0.2) is 41.3 Å². The van der Waals surface area contributed by atoms with Crippen LogP contribution in [-0.2, 0) is 18.4 Å². The molecule has 0 saturated heterocycles. The van der Waals surface area contributed by atoms with Crippen molar-refractivity contribution in [2.45, 2.75) is 19.9 Å². The van der Waals surface area contributed by atoms with Gasteiger partial charge in [0.25, 0.3) is 12.3 Å². The summed E-state index contributed by atoms with van der Waals surface area (Å²) in [6, 6.07) is 1.18. The van der Waals surface area contributed by atoms with Crippen molar-refractivity contribution in [2.75, 3.05) is 5.32 Å². The zero-order valence-electron chi connectivity index (χ0n) is 17.7. The van der Waals surface area contributed by atoms with Gasteiger partial charge < -0.3 is 11.1 Å². The van der Waals surface area contributed by atoms with Crippen LogP contribution in [0.4, 0.5) is 20.2 Å². The normalized spacial score (nSPS) is 11.3. The smallest absolute Gasteiger partial charge is 0.307 e. The van der Waals surface area contributed by atoms with Crippen molar-refractivity contribution < 1.29 is 23.3 Å². The number of fused-ring (bicyclic) bond motifs is 1. The Labute approximate surface area is 193 Å². The molecule has 4 aromatic heterocycles. The van der Waals surface area contributed by atoms with Crippen LogP contribution < -0.4 is 11.1 Å². The SMILES string of the molecule is Cc1c(-c2cc(C(F)F)nc3sc(C(N)=O)c(NC(=O)Cn4cc([N+](=O)[O-])cn4)c23)cnn1C. The first-order valence-electron chi connectivity index (χ1n) is 9.57. The van der Waals surface area contributed by atoms with Gasteiger partial charge in [-0.1, -0.05) is 0 Å². The highest BCUT2D eigenvalue weighted by molar-refractivity contribution is 7.21. The van der Waals surface area contributed by atoms with E-state index in [4.69, 9.17) is 5.73 Å². The molecule has 0 fully saturated rings. The van der Waals surface area contributed by atoms with E-state index in [1.54, 1.807) is 18.7 Å². The Morgan fingerprint density at radius 2 is 2.03 bits per heavy atom. The molecule has 0 spiro atoms. The number of thiophene rings is 1. The predicted octanol–water partition coefficient (Wildman–Crippen LogP) is 2.79. The van der Waals surface area contributed by atoms with Gasteiger partial charge in [0.15, 0.2) is 0 Å². The van der Waals surface area contributed by atoms with Crippen LogP contribution >= 0.6 is 11.3 Å². The number of nitro groups is 1. The quantitative estimate of drug-likeness (QED) is 0.297. The molecule has 0 aliphatic carbocycles. The first-order chi connectivity index (χ1) is 16.1. The summed E-state index contributed by atoms with van der Waals surface area (Å²) in [5.74, 6) is -1.56. The monoisotopic (exact) mass is 490 g/mol. The lowest BCUT2D eigenvalue weighted by atomic mass is 10.0. The lowest BCUT2D eigenvalue weighted by Gasteiger charge is -2.11. The number of nitrogens with two attached hydrogens (primary N) is 1. The van der Waals surface area contributed by atoms with Crippen LogP contribution in [0.3, 0.4) is 0 Å². The standard InChI is InChI=1S/C19H16F2N8O4S/c1-8-11(5-23-27(8)2)10-3-12(17(20)21)25-19-14(10)15(16(34-19)18(22)31)26-13(30)7-28-6-9(4-24-28)29(32)33/h3-6,17H,7H2,1-2H3,(H2,22,31)(H,26,30). The van der Waals surface area contributed by atoms with E-state index in [-0.39, 0.29) is 26.5 Å². The number of halogens is 2. The number of carbonyl (C=O) groups excluding carboxylic acids is 2. The minimum atomic E-state index is -2.88. The Balaban J connectivity index is 1.85. The highest BCUT2D eigenvalue weighted by Crippen LogP contribution is 2.43. The molecule has 0 atom stereocenters. The minimum absolute atomic E-state index is 0.00530. The molecule has 0 radical (unpaired) electrons. The second-order valence-corrected chi connectivity index (χ2v) is 8.21. The zero-order valence-corrected chi connectivity index (χ0v) is 18.5. The molecule has 12 nitrogen and oxygen atoms in total. The van der Waals surface area contributed by atoms with Gasteiger partial charge in [-0.3, -0.25) is 29.1 Å². The van der Waals surface area contributed by atoms with Crippen molar-refractivity contribution >= 4 is 44.7 Å². The van der Waals surface area contributed by atoms with Gasteiger partial charge in [-0.25, -0.2) is 13.8 Å². The van der Waals surface area contributed by atoms with E-state index >= 15 is 0 Å². The molecule has 15 heteroatoms. The number of hydrogen-bond acceptors (Lipinski definition) is 8. The number of aryl methyl sites for hydroxylation is 1. The van der Waals surface area contributed by atoms with Crippen molar-refractivity contribution in [3.8, 4) is 11.1 Å². The molecule has 2 amide bonds. The molecule has 3 N–H and O–H groups in total. The molecule has 0 bridgehead atoms. The number of pyridine rings is 1. The van der Waals surface area contributed by atoms with Crippen LogP contribution in [0.5, 0.6) is 0 Å². The van der Waals surface area contributed by atoms with Gasteiger partial charge in [0.2, 0.25) is 5.91 Å². The first-order valence-corrected chi connectivity index (χ1v) is 10.4. The number of amides is 2. The topological polar surface area (TPSA) is 164 Å². The fourth-order valence-electron chi connectivity index (χ4n) is 3.36. The number of aromatic nitrogens is 5. The predicted molar refractivity (Wildman–Crippen MR) is 118 cm³/mol. The fraction of sp³-hybridized carbons (Fsp3) is 0.211. The van der Waals surface area contributed by atoms with Crippen molar-refractivity contribution in [3.05, 3.63) is 51.0 Å². The number of hydrogen-bond donors (Lipinski definition) is 2. The molecule has 4 aromatic rings. The third kappa shape index (κ3) is 4.07. The van der Waals surface area contributed by atoms with Crippen LogP contribution in [0.25, 0.3) is 21.3 Å². The number of rotatable bonds is 7. The zero-order chi connectivity index (χ0) is 24.7. The Morgan fingerprint density at radius 1 is 1.29 bits per heavy atom. The average Bonchev–Trinajstić information content (AvgIpc) is 3.46. The maximum absolute atomic E-state index is 13.6. The number of nitrogens with zero attached hydrogens (tertiary/aromatic N) is 6. The summed E-state index contributed by atoms with van der Waals surface area (Å²) in [6.45, 7) is 1.33. The largest absolute Gasteiger partial charge is 0.365 e. The van der Waals surface area contributed by atoms with Crippen molar-refractivity contribution in [3.63, 3.8) is 0 Å². The summed E-state index contributed by atoms with van der Waals surface area (Å²) in [5, 5.41) is 21.6. The highest BCUT2D eigenvalue weighted by Gasteiger charge is 2.26. The van der Waals surface area contributed by atoms with Gasteiger partial charge in [0.1, 0.15) is 34.3 Å². The minimum Gasteiger partial charge on any atom is -0.365 e. The number of alkyl halides is 2. The molecular weight excluding hydrogens is 474 g/mol. The summed E-state index contributed by atoms with van der Waals surface area (Å²) < 4.78 is 29.7. The molecule has 0 saturated carbocycles. The van der Waals surface area contributed by atoms with E-state index in [0.717, 1.165) is 28.4 Å². The van der Waals surface area contributed by atoms with Gasteiger partial charge in [0.05, 0.1) is 16.8 Å². The third-order valence-electron chi connectivity index (χ3n) is 5.06. The van der Waals surface area contributed by atoms with E-state index in [2.05, 4.69) is 20.5 Å². The molecule has 0 aliphatic heterocycles. The number of primary amides is 1. The average molecular weight is 490 g/mol. The third-order valence-corrected chi connectivity index (χ3v) is 6.15. The van der Waals surface area contributed by atoms with Crippen LogP contribution in [0.2, 0.25) is 0 Å². The summed E-state index contributed by atoms with van der Waals surface area (Å²) in [4.78, 5) is 39.0. The Bertz CT molecular complexity index is 1460. The molecule has 0 unspecified atom stereocenters. The van der Waals surface area contributed by atoms with Crippen LogP contribution in [0.1, 0.15) is 27.5 Å². The Kier molecular flexibility index (Phi) is 5.78. The Morgan fingerprint density at radius 3 is 2.59 bits per heavy atom. The van der Waals surface area contributed by atoms with Gasteiger partial charge in [-0.2, -0.15) is 10.2 Å². The molecule has 0 aromatic carbocycles. The van der Waals surface area contributed by atoms with Gasteiger partial charge in [-0.15, -0.1) is 11.3 Å². The summed E-state index contributed by atoms with van der Waals surface area (Å²) >= 11 is 0.769. The second-order valence-electron chi connectivity index (χ2n) is 7.21. The molecule has 0 aliphatic rings. The summed E-state index contributed by atoms with van der Waals surface area (Å²) in [5.41, 5.74) is 6.14. The molecule has 34 heavy (non-hydrogen) atoms. The lowest BCUT2D eigenvalue weighted by molar-refractivity contribution is -0.385. The second kappa shape index (κ2) is 8.58. The van der Waals surface area contributed by atoms with E-state index in [0.29, 0.717) is 16.8 Å². The fourth-order valence-corrected chi connectivity index (χ4v) is 4.37. The first kappa shape index (κ1) is 22.9. The van der Waals surface area contributed by atoms with Gasteiger partial charge in [-0.05, 0) is 18.6 Å². The number of nitrogens with one attached hydrogen (secondary N) is 1. The molecule has 4 heterocycles. The maximum atomic E-state index is 13.6. The Hall–Kier alpha value is -4.27. The summed E-state index contributed by atoms with van der Waals surface area (Å²) in [7, 11) is 1.68. The molecule has 176 valence electrons. The van der Waals surface area contributed by atoms with E-state index in [9.17, 15) is 28.5 Å². The van der Waals surface area contributed by atoms with E-state index in [1.807, 2.05) is 0 Å². The summed E-state index contributed by atoms with van der Waals surface area (Å²) in [6.07, 6.45) is 0.658. The van der Waals surface area contributed by atoms with Crippen LogP contribution in [0.15, 0.2) is 24.7 Å². The number of anilines is 1. The van der Waals surface area contributed by atoms with E-state index in [1.165, 1.54) is 12.3 Å². The van der Waals surface area contributed by atoms with Crippen molar-refractivity contribution in [1.82, 2.24) is 24.5 Å². The van der Waals surface area contributed by atoms with Gasteiger partial charge in [0, 0.05) is 23.7 Å². The molecular formula is C19H16F2N8O4S. The lowest BCUT2D eigenvalue weighted by Crippen LogP contribution is -2.21. The van der Waals surface area contributed by atoms with Gasteiger partial charge >= 0.3 is 5.69 Å². The highest BCUT2D eigenvalue weighted by atomic mass is 32.1. The van der Waals surface area contributed by atoms with Crippen LogP contribution in [0, 0.1) is 17.0 Å². The molecule has 4 rings (SSSR count). The maximum Gasteiger partial charge on any atom is 0.307 e. The van der Waals surface area contributed by atoms with E-state index < -0.39 is 35.4 Å². The van der Waals surface area contributed by atoms with Crippen molar-refractivity contribution in [2.24, 2.45) is 12.8 Å².